The van der Waals surface area contributed by atoms with Crippen LogP contribution in [-0.2, 0) is 36.2 Å². The Balaban J connectivity index is 1.03. The SMILES string of the molecule is CC1=NN(c2ccc(S(=O)(=O)O)cc2)C(=O)C1N=Nc1ccc(Cc2ccc(N=NC3C(=O)N(c4ccc(S(=O)(=O)O)cc4)N=C3C)cc2)cc1. The third-order valence-electron chi connectivity index (χ3n) is 7.81. The Labute approximate surface area is 292 Å². The number of hydrogen-bond acceptors (Lipinski definition) is 12. The fourth-order valence-electron chi connectivity index (χ4n) is 5.11. The molecule has 0 aliphatic carbocycles. The lowest BCUT2D eigenvalue weighted by molar-refractivity contribution is -0.118. The van der Waals surface area contributed by atoms with Crippen LogP contribution in [0.15, 0.2) is 138 Å². The molecule has 0 saturated heterocycles. The maximum absolute atomic E-state index is 13.0. The van der Waals surface area contributed by atoms with Crippen molar-refractivity contribution in [2.75, 3.05) is 10.0 Å². The molecule has 2 heterocycles. The second-order valence-corrected chi connectivity index (χ2v) is 14.3. The topological polar surface area (TPSA) is 224 Å². The summed E-state index contributed by atoms with van der Waals surface area (Å²) in [7, 11) is -8.74. The highest BCUT2D eigenvalue weighted by Gasteiger charge is 2.36. The Bertz CT molecular complexity index is 2180. The van der Waals surface area contributed by atoms with E-state index in [0.717, 1.165) is 21.1 Å². The van der Waals surface area contributed by atoms with E-state index in [9.17, 15) is 35.5 Å². The summed E-state index contributed by atoms with van der Waals surface area (Å²) >= 11 is 0. The highest BCUT2D eigenvalue weighted by Crippen LogP contribution is 2.27. The summed E-state index contributed by atoms with van der Waals surface area (Å²) in [6.45, 7) is 3.28. The molecule has 16 nitrogen and oxygen atoms in total. The van der Waals surface area contributed by atoms with E-state index < -0.39 is 44.1 Å². The number of hydrazone groups is 2. The molecule has 0 radical (unpaired) electrons. The quantitative estimate of drug-likeness (QED) is 0.156. The standard InChI is InChI=1S/C33H28N8O8S2/c1-20-30(32(42)40(38-20)26-11-15-28(16-12-26)50(44,45)46)36-34-24-7-3-22(4-8-24)19-23-5-9-25(10-6-23)35-37-31-21(2)39-41(33(31)43)27-13-17-29(18-14-27)51(47,48)49/h3-18,30-31H,19H2,1-2H3,(H,44,45,46)(H,47,48,49). The summed E-state index contributed by atoms with van der Waals surface area (Å²) in [5.74, 6) is -0.913. The summed E-state index contributed by atoms with van der Waals surface area (Å²) in [5, 5.41) is 27.5. The Hall–Kier alpha value is -5.82. The summed E-state index contributed by atoms with van der Waals surface area (Å²) < 4.78 is 63.6. The lowest BCUT2D eigenvalue weighted by Crippen LogP contribution is -2.29. The maximum atomic E-state index is 13.0. The number of amides is 2. The number of hydrogen-bond donors (Lipinski definition) is 2. The molecule has 6 rings (SSSR count). The van der Waals surface area contributed by atoms with Gasteiger partial charge in [-0.15, -0.1) is 0 Å². The van der Waals surface area contributed by atoms with Crippen molar-refractivity contribution in [3.63, 3.8) is 0 Å². The number of anilines is 2. The molecule has 2 aliphatic heterocycles. The molecule has 2 amide bonds. The molecule has 0 spiro atoms. The van der Waals surface area contributed by atoms with Crippen LogP contribution in [0.3, 0.4) is 0 Å². The van der Waals surface area contributed by atoms with Crippen molar-refractivity contribution < 1.29 is 35.5 Å². The van der Waals surface area contributed by atoms with Gasteiger partial charge in [-0.1, -0.05) is 24.3 Å². The van der Waals surface area contributed by atoms with Gasteiger partial charge in [0.2, 0.25) is 0 Å². The normalized spacial score (nSPS) is 18.3. The molecule has 4 aromatic rings. The van der Waals surface area contributed by atoms with Gasteiger partial charge in [-0.25, -0.2) is 0 Å². The van der Waals surface area contributed by atoms with Crippen LogP contribution >= 0.6 is 0 Å². The molecule has 2 atom stereocenters. The largest absolute Gasteiger partial charge is 0.294 e. The number of azo groups is 2. The second kappa shape index (κ2) is 13.8. The van der Waals surface area contributed by atoms with E-state index >= 15 is 0 Å². The Kier molecular flexibility index (Phi) is 9.50. The van der Waals surface area contributed by atoms with Gasteiger partial charge < -0.3 is 0 Å². The maximum Gasteiger partial charge on any atom is 0.294 e. The number of benzene rings is 4. The first-order valence-corrected chi connectivity index (χ1v) is 18.0. The Morgan fingerprint density at radius 2 is 0.902 bits per heavy atom. The molecular formula is C33H28N8O8S2. The molecule has 51 heavy (non-hydrogen) atoms. The van der Waals surface area contributed by atoms with E-state index in [4.69, 9.17) is 0 Å². The zero-order valence-corrected chi connectivity index (χ0v) is 28.5. The average Bonchev–Trinajstić information content (AvgIpc) is 3.55. The minimum Gasteiger partial charge on any atom is -0.282 e. The lowest BCUT2D eigenvalue weighted by atomic mass is 10.0. The predicted molar refractivity (Wildman–Crippen MR) is 186 cm³/mol. The van der Waals surface area contributed by atoms with Crippen LogP contribution in [0, 0.1) is 0 Å². The molecule has 260 valence electrons. The molecule has 2 unspecified atom stereocenters. The van der Waals surface area contributed by atoms with Crippen LogP contribution in [0.5, 0.6) is 0 Å². The Morgan fingerprint density at radius 3 is 1.22 bits per heavy atom. The van der Waals surface area contributed by atoms with Crippen LogP contribution in [0.2, 0.25) is 0 Å². The highest BCUT2D eigenvalue weighted by molar-refractivity contribution is 7.86. The highest BCUT2D eigenvalue weighted by atomic mass is 32.2. The minimum atomic E-state index is -4.37. The second-order valence-electron chi connectivity index (χ2n) is 11.5. The first-order valence-electron chi connectivity index (χ1n) is 15.1. The van der Waals surface area contributed by atoms with E-state index in [1.54, 1.807) is 38.1 Å². The van der Waals surface area contributed by atoms with Crippen LogP contribution in [-0.4, -0.2) is 61.3 Å². The van der Waals surface area contributed by atoms with Crippen molar-refractivity contribution in [2.24, 2.45) is 30.7 Å². The zero-order valence-electron chi connectivity index (χ0n) is 26.8. The van der Waals surface area contributed by atoms with Gasteiger partial charge in [-0.05, 0) is 104 Å². The molecule has 0 bridgehead atoms. The predicted octanol–water partition coefficient (Wildman–Crippen LogP) is 5.52. The summed E-state index contributed by atoms with van der Waals surface area (Å²) in [4.78, 5) is 25.3. The van der Waals surface area contributed by atoms with E-state index in [0.29, 0.717) is 40.6 Å². The molecule has 2 aliphatic rings. The van der Waals surface area contributed by atoms with Crippen LogP contribution in [0.25, 0.3) is 0 Å². The van der Waals surface area contributed by atoms with Crippen LogP contribution < -0.4 is 10.0 Å². The van der Waals surface area contributed by atoms with Gasteiger partial charge in [0.15, 0.2) is 12.1 Å². The fraction of sp³-hybridized carbons (Fsp3) is 0.152. The smallest absolute Gasteiger partial charge is 0.282 e. The first-order chi connectivity index (χ1) is 24.2. The van der Waals surface area contributed by atoms with Crippen molar-refractivity contribution in [3.8, 4) is 0 Å². The van der Waals surface area contributed by atoms with Gasteiger partial charge in [-0.2, -0.15) is 57.5 Å². The molecule has 18 heteroatoms. The molecule has 2 N–H and O–H groups in total. The van der Waals surface area contributed by atoms with Crippen LogP contribution in [0.1, 0.15) is 25.0 Å². The molecular weight excluding hydrogens is 701 g/mol. The average molecular weight is 729 g/mol. The molecule has 0 saturated carbocycles. The van der Waals surface area contributed by atoms with Gasteiger partial charge in [0.1, 0.15) is 0 Å². The fourth-order valence-corrected chi connectivity index (χ4v) is 6.07. The van der Waals surface area contributed by atoms with Gasteiger partial charge in [0.05, 0.1) is 44.0 Å². The van der Waals surface area contributed by atoms with E-state index in [1.165, 1.54) is 48.5 Å². The minimum absolute atomic E-state index is 0.301. The van der Waals surface area contributed by atoms with Gasteiger partial charge >= 0.3 is 0 Å². The van der Waals surface area contributed by atoms with Crippen molar-refractivity contribution >= 4 is 66.2 Å². The first kappa shape index (κ1) is 35.0. The number of carbonyl (C=O) groups excluding carboxylic acids is 2. The van der Waals surface area contributed by atoms with Crippen molar-refractivity contribution in [1.29, 1.82) is 0 Å². The van der Waals surface area contributed by atoms with Crippen molar-refractivity contribution in [1.82, 2.24) is 0 Å². The van der Waals surface area contributed by atoms with Gasteiger partial charge in [-0.3, -0.25) is 18.7 Å². The number of carbonyl (C=O) groups is 2. The third kappa shape index (κ3) is 7.83. The van der Waals surface area contributed by atoms with Gasteiger partial charge in [0, 0.05) is 0 Å². The molecule has 0 aromatic heterocycles. The molecule has 0 fully saturated rings. The van der Waals surface area contributed by atoms with Gasteiger partial charge in [0.25, 0.3) is 32.1 Å². The Morgan fingerprint density at radius 1 is 0.569 bits per heavy atom. The lowest BCUT2D eigenvalue weighted by Gasteiger charge is -2.12. The van der Waals surface area contributed by atoms with E-state index in [1.807, 2.05) is 24.3 Å². The van der Waals surface area contributed by atoms with Crippen molar-refractivity contribution in [3.05, 3.63) is 108 Å². The summed E-state index contributed by atoms with van der Waals surface area (Å²) in [6, 6.07) is 22.9. The van der Waals surface area contributed by atoms with Crippen LogP contribution in [0.4, 0.5) is 22.7 Å². The number of nitrogens with zero attached hydrogens (tertiary/aromatic N) is 8. The summed E-state index contributed by atoms with van der Waals surface area (Å²) in [5.41, 5.74) is 4.49. The number of rotatable bonds is 10. The third-order valence-corrected chi connectivity index (χ3v) is 9.54. The molecule has 4 aromatic carbocycles. The zero-order chi connectivity index (χ0) is 36.5. The van der Waals surface area contributed by atoms with E-state index in [-0.39, 0.29) is 9.79 Å². The van der Waals surface area contributed by atoms with E-state index in [2.05, 4.69) is 30.7 Å². The summed E-state index contributed by atoms with van der Waals surface area (Å²) in [6.07, 6.45) is 0.602. The monoisotopic (exact) mass is 728 g/mol. The van der Waals surface area contributed by atoms with Crippen molar-refractivity contribution in [2.45, 2.75) is 42.1 Å².